The molecule has 1 aliphatic carbocycles. The summed E-state index contributed by atoms with van der Waals surface area (Å²) in [6.45, 7) is 1.43. The molecule has 0 saturated heterocycles. The molecule has 2 aliphatic rings. The fourth-order valence-corrected chi connectivity index (χ4v) is 2.39. The zero-order valence-electron chi connectivity index (χ0n) is 9.80. The van der Waals surface area contributed by atoms with Crippen molar-refractivity contribution >= 4 is 28.9 Å². The lowest BCUT2D eigenvalue weighted by Crippen LogP contribution is -2.25. The van der Waals surface area contributed by atoms with Crippen molar-refractivity contribution in [2.24, 2.45) is 0 Å². The van der Waals surface area contributed by atoms with Crippen molar-refractivity contribution in [2.75, 3.05) is 6.61 Å². The maximum absolute atomic E-state index is 5.80. The topological polar surface area (TPSA) is 25.4 Å². The van der Waals surface area contributed by atoms with E-state index in [-0.39, 0.29) is 0 Å². The molecule has 5 heteroatoms. The van der Waals surface area contributed by atoms with Crippen molar-refractivity contribution in [2.45, 2.75) is 25.4 Å². The van der Waals surface area contributed by atoms with Gasteiger partial charge in [-0.25, -0.2) is 4.98 Å². The zero-order chi connectivity index (χ0) is 12.5. The van der Waals surface area contributed by atoms with E-state index in [1.54, 1.807) is 0 Å². The van der Waals surface area contributed by atoms with Crippen LogP contribution in [0.25, 0.3) is 0 Å². The summed E-state index contributed by atoms with van der Waals surface area (Å²) in [6.07, 6.45) is 6.26. The summed E-state index contributed by atoms with van der Waals surface area (Å²) in [4.78, 5) is 6.48. The highest BCUT2D eigenvalue weighted by atomic mass is 35.5. The van der Waals surface area contributed by atoms with E-state index in [2.05, 4.69) is 9.88 Å². The molecule has 0 aromatic carbocycles. The van der Waals surface area contributed by atoms with Crippen LogP contribution in [0.1, 0.15) is 18.4 Å². The van der Waals surface area contributed by atoms with Crippen LogP contribution >= 0.6 is 23.8 Å². The molecular formula is C13H13ClN2OS. The van der Waals surface area contributed by atoms with Crippen LogP contribution in [0.15, 0.2) is 30.1 Å². The first-order valence-electron chi connectivity index (χ1n) is 5.97. The molecule has 1 aromatic rings. The molecule has 1 aliphatic heterocycles. The Bertz CT molecular complexity index is 496. The molecule has 0 amide bonds. The van der Waals surface area contributed by atoms with Gasteiger partial charge in [-0.15, -0.1) is 0 Å². The summed E-state index contributed by atoms with van der Waals surface area (Å²) in [5.74, 6) is 0. The Kier molecular flexibility index (Phi) is 3.22. The van der Waals surface area contributed by atoms with E-state index in [9.17, 15) is 0 Å². The highest BCUT2D eigenvalue weighted by Crippen LogP contribution is 2.32. The van der Waals surface area contributed by atoms with Gasteiger partial charge >= 0.3 is 0 Å². The number of hydrogen-bond donors (Lipinski definition) is 0. The fraction of sp³-hybridized carbons (Fsp3) is 0.385. The van der Waals surface area contributed by atoms with Gasteiger partial charge in [0.1, 0.15) is 11.8 Å². The first-order chi connectivity index (χ1) is 8.72. The number of pyridine rings is 1. The minimum absolute atomic E-state index is 0.529. The highest BCUT2D eigenvalue weighted by Gasteiger charge is 2.32. The molecule has 0 spiro atoms. The van der Waals surface area contributed by atoms with Gasteiger partial charge in [0.05, 0.1) is 5.70 Å². The van der Waals surface area contributed by atoms with Crippen molar-refractivity contribution < 1.29 is 4.74 Å². The SMILES string of the molecule is S=C1C=C(N(Cc2ccc(Cl)nc2)C2CC2)CO1. The Hall–Kier alpha value is -1.13. The number of thiocarbonyl (C=S) groups is 1. The molecule has 3 nitrogen and oxygen atoms in total. The number of aromatic nitrogens is 1. The Morgan fingerprint density at radius 2 is 2.28 bits per heavy atom. The predicted molar refractivity (Wildman–Crippen MR) is 74.4 cm³/mol. The molecule has 0 unspecified atom stereocenters. The average molecular weight is 281 g/mol. The molecule has 0 bridgehead atoms. The molecule has 18 heavy (non-hydrogen) atoms. The molecule has 0 N–H and O–H groups in total. The van der Waals surface area contributed by atoms with E-state index in [1.165, 1.54) is 18.5 Å². The van der Waals surface area contributed by atoms with Gasteiger partial charge < -0.3 is 9.64 Å². The first kappa shape index (κ1) is 11.9. The van der Waals surface area contributed by atoms with E-state index in [0.717, 1.165) is 12.1 Å². The molecule has 0 radical (unpaired) electrons. The van der Waals surface area contributed by atoms with E-state index >= 15 is 0 Å². The third-order valence-electron chi connectivity index (χ3n) is 3.14. The highest BCUT2D eigenvalue weighted by molar-refractivity contribution is 7.80. The Labute approximate surface area is 116 Å². The Morgan fingerprint density at radius 3 is 2.83 bits per heavy atom. The van der Waals surface area contributed by atoms with Gasteiger partial charge in [-0.1, -0.05) is 17.7 Å². The summed E-state index contributed by atoms with van der Waals surface area (Å²) >= 11 is 10.8. The number of halogens is 1. The maximum Gasteiger partial charge on any atom is 0.186 e. The summed E-state index contributed by atoms with van der Waals surface area (Å²) < 4.78 is 5.34. The number of ether oxygens (including phenoxy) is 1. The largest absolute Gasteiger partial charge is 0.477 e. The van der Waals surface area contributed by atoms with Crippen LogP contribution in [0.3, 0.4) is 0 Å². The zero-order valence-corrected chi connectivity index (χ0v) is 11.4. The van der Waals surface area contributed by atoms with Crippen LogP contribution in [-0.4, -0.2) is 27.6 Å². The fourth-order valence-electron chi connectivity index (χ4n) is 2.08. The van der Waals surface area contributed by atoms with Gasteiger partial charge in [0.25, 0.3) is 0 Å². The first-order valence-corrected chi connectivity index (χ1v) is 6.75. The normalized spacial score (nSPS) is 18.5. The van der Waals surface area contributed by atoms with Gasteiger partial charge in [-0.3, -0.25) is 0 Å². The Morgan fingerprint density at radius 1 is 1.44 bits per heavy atom. The third-order valence-corrected chi connectivity index (χ3v) is 3.60. The van der Waals surface area contributed by atoms with Crippen molar-refractivity contribution in [3.8, 4) is 0 Å². The quantitative estimate of drug-likeness (QED) is 0.625. The average Bonchev–Trinajstić information content (AvgIpc) is 3.11. The van der Waals surface area contributed by atoms with Gasteiger partial charge in [-0.05, 0) is 36.7 Å². The van der Waals surface area contributed by atoms with Crippen LogP contribution in [0.4, 0.5) is 0 Å². The number of rotatable bonds is 4. The second-order valence-electron chi connectivity index (χ2n) is 4.59. The van der Waals surface area contributed by atoms with E-state index in [4.69, 9.17) is 28.6 Å². The lowest BCUT2D eigenvalue weighted by atomic mass is 10.2. The second-order valence-corrected chi connectivity index (χ2v) is 5.38. The molecule has 1 fully saturated rings. The van der Waals surface area contributed by atoms with Crippen LogP contribution in [0.5, 0.6) is 0 Å². The Balaban J connectivity index is 1.76. The van der Waals surface area contributed by atoms with Crippen LogP contribution in [-0.2, 0) is 11.3 Å². The van der Waals surface area contributed by atoms with E-state index < -0.39 is 0 Å². The molecule has 1 aromatic heterocycles. The standard InChI is InChI=1S/C13H13ClN2OS/c14-12-4-1-9(6-15-12)7-16(10-2-3-10)11-5-13(18)17-8-11/h1,4-6,10H,2-3,7-8H2. The molecular weight excluding hydrogens is 268 g/mol. The summed E-state index contributed by atoms with van der Waals surface area (Å²) in [5.41, 5.74) is 2.34. The summed E-state index contributed by atoms with van der Waals surface area (Å²) in [5, 5.41) is 1.12. The summed E-state index contributed by atoms with van der Waals surface area (Å²) in [6, 6.07) is 4.46. The van der Waals surface area contributed by atoms with Crippen molar-refractivity contribution in [1.82, 2.24) is 9.88 Å². The van der Waals surface area contributed by atoms with Crippen LogP contribution in [0, 0.1) is 0 Å². The maximum atomic E-state index is 5.80. The van der Waals surface area contributed by atoms with Gasteiger partial charge in [0.2, 0.25) is 0 Å². The third kappa shape index (κ3) is 2.65. The lowest BCUT2D eigenvalue weighted by Gasteiger charge is -2.24. The predicted octanol–water partition coefficient (Wildman–Crippen LogP) is 2.94. The molecule has 2 heterocycles. The van der Waals surface area contributed by atoms with Crippen molar-refractivity contribution in [3.63, 3.8) is 0 Å². The van der Waals surface area contributed by atoms with Crippen molar-refractivity contribution in [1.29, 1.82) is 0 Å². The van der Waals surface area contributed by atoms with Gasteiger partial charge in [0.15, 0.2) is 5.05 Å². The van der Waals surface area contributed by atoms with E-state index in [0.29, 0.717) is 22.9 Å². The second kappa shape index (κ2) is 4.86. The van der Waals surface area contributed by atoms with Gasteiger partial charge in [0, 0.05) is 24.9 Å². The van der Waals surface area contributed by atoms with Crippen LogP contribution < -0.4 is 0 Å². The van der Waals surface area contributed by atoms with Gasteiger partial charge in [-0.2, -0.15) is 0 Å². The molecule has 0 atom stereocenters. The van der Waals surface area contributed by atoms with Crippen LogP contribution in [0.2, 0.25) is 5.15 Å². The molecule has 3 rings (SSSR count). The van der Waals surface area contributed by atoms with Crippen molar-refractivity contribution in [3.05, 3.63) is 40.8 Å². The summed E-state index contributed by atoms with van der Waals surface area (Å²) in [7, 11) is 0. The smallest absolute Gasteiger partial charge is 0.186 e. The molecule has 1 saturated carbocycles. The number of nitrogens with zero attached hydrogens (tertiary/aromatic N) is 2. The monoisotopic (exact) mass is 280 g/mol. The lowest BCUT2D eigenvalue weighted by molar-refractivity contribution is 0.266. The minimum Gasteiger partial charge on any atom is -0.477 e. The minimum atomic E-state index is 0.529. The van der Waals surface area contributed by atoms with E-state index in [1.807, 2.05) is 24.4 Å². The number of hydrogen-bond acceptors (Lipinski definition) is 4. The molecule has 94 valence electrons.